The van der Waals surface area contributed by atoms with Gasteiger partial charge in [-0.25, -0.2) is 13.4 Å². The van der Waals surface area contributed by atoms with Gasteiger partial charge in [-0.3, -0.25) is 4.79 Å². The van der Waals surface area contributed by atoms with Gasteiger partial charge in [0.15, 0.2) is 0 Å². The third-order valence-corrected chi connectivity index (χ3v) is 8.69. The third kappa shape index (κ3) is 4.51. The van der Waals surface area contributed by atoms with Crippen LogP contribution in [0.4, 0.5) is 5.82 Å². The first-order valence-corrected chi connectivity index (χ1v) is 12.4. The van der Waals surface area contributed by atoms with Crippen LogP contribution in [0, 0.1) is 0 Å². The molecule has 0 bridgehead atoms. The molecule has 162 valence electrons. The molecule has 0 aromatic carbocycles. The van der Waals surface area contributed by atoms with E-state index < -0.39 is 16.1 Å². The van der Waals surface area contributed by atoms with Crippen LogP contribution in [0.5, 0.6) is 0 Å². The maximum atomic E-state index is 12.8. The summed E-state index contributed by atoms with van der Waals surface area (Å²) in [6.45, 7) is 5.03. The lowest BCUT2D eigenvalue weighted by molar-refractivity contribution is -0.124. The van der Waals surface area contributed by atoms with Crippen LogP contribution in [0.3, 0.4) is 0 Å². The van der Waals surface area contributed by atoms with Gasteiger partial charge >= 0.3 is 0 Å². The zero-order chi connectivity index (χ0) is 21.1. The lowest BCUT2D eigenvalue weighted by atomic mass is 10.2. The van der Waals surface area contributed by atoms with Crippen LogP contribution in [-0.4, -0.2) is 62.0 Å². The number of carbonyl (C=O) groups is 1. The second kappa shape index (κ2) is 9.01. The molecule has 0 radical (unpaired) electrons. The Morgan fingerprint density at radius 1 is 1.33 bits per heavy atom. The predicted octanol–water partition coefficient (Wildman–Crippen LogP) is 1.84. The monoisotopic (exact) mass is 450 g/mol. The zero-order valence-electron chi connectivity index (χ0n) is 16.9. The number of thiophene rings is 1. The van der Waals surface area contributed by atoms with Crippen molar-refractivity contribution in [2.24, 2.45) is 0 Å². The molecule has 2 aromatic rings. The Morgan fingerprint density at radius 2 is 2.20 bits per heavy atom. The Bertz CT molecular complexity index is 963. The van der Waals surface area contributed by atoms with Crippen LogP contribution >= 0.6 is 11.3 Å². The molecule has 2 saturated heterocycles. The summed E-state index contributed by atoms with van der Waals surface area (Å²) in [6.07, 6.45) is 3.14. The number of pyridine rings is 1. The summed E-state index contributed by atoms with van der Waals surface area (Å²) in [5.74, 6) is 0.628. The smallest absolute Gasteiger partial charge is 0.253 e. The Hall–Kier alpha value is -2.01. The van der Waals surface area contributed by atoms with Crippen molar-refractivity contribution in [2.45, 2.75) is 42.7 Å². The topological polar surface area (TPSA) is 91.8 Å². The number of sulfonamides is 1. The van der Waals surface area contributed by atoms with Crippen molar-refractivity contribution in [3.05, 3.63) is 41.4 Å². The first-order valence-electron chi connectivity index (χ1n) is 10.1. The lowest BCUT2D eigenvalue weighted by Crippen LogP contribution is -2.45. The summed E-state index contributed by atoms with van der Waals surface area (Å²) < 4.78 is 32.8. The van der Waals surface area contributed by atoms with Gasteiger partial charge < -0.3 is 15.0 Å². The van der Waals surface area contributed by atoms with Crippen LogP contribution in [0.15, 0.2) is 40.1 Å². The molecule has 0 saturated carbocycles. The summed E-state index contributed by atoms with van der Waals surface area (Å²) in [5.41, 5.74) is 0.874. The van der Waals surface area contributed by atoms with E-state index in [0.29, 0.717) is 32.5 Å². The maximum Gasteiger partial charge on any atom is 0.253 e. The quantitative estimate of drug-likeness (QED) is 0.722. The summed E-state index contributed by atoms with van der Waals surface area (Å²) in [5, 5.41) is 4.61. The second-order valence-electron chi connectivity index (χ2n) is 7.58. The van der Waals surface area contributed by atoms with E-state index in [1.165, 1.54) is 15.6 Å². The molecular weight excluding hydrogens is 424 g/mol. The van der Waals surface area contributed by atoms with Crippen LogP contribution in [0.2, 0.25) is 0 Å². The number of nitrogens with one attached hydrogen (secondary N) is 1. The summed E-state index contributed by atoms with van der Waals surface area (Å²) in [6, 6.07) is 6.51. The van der Waals surface area contributed by atoms with Gasteiger partial charge in [-0.2, -0.15) is 4.31 Å². The summed E-state index contributed by atoms with van der Waals surface area (Å²) >= 11 is 1.17. The zero-order valence-corrected chi connectivity index (χ0v) is 18.5. The van der Waals surface area contributed by atoms with E-state index in [9.17, 15) is 13.2 Å². The van der Waals surface area contributed by atoms with Gasteiger partial charge in [0.25, 0.3) is 10.0 Å². The standard InChI is InChI=1S/C20H26N4O4S2/c1-15-14-23(9-10-28-15)18-7-6-16(12-21-18)13-22-20(25)17-4-2-8-24(17)30(26,27)19-5-3-11-29-19/h3,5-7,11-12,15,17H,2,4,8-10,13-14H2,1H3,(H,22,25). The average Bonchev–Trinajstić information content (AvgIpc) is 3.45. The van der Waals surface area contributed by atoms with Crippen molar-refractivity contribution in [2.75, 3.05) is 31.1 Å². The Balaban J connectivity index is 1.36. The van der Waals surface area contributed by atoms with Crippen molar-refractivity contribution < 1.29 is 17.9 Å². The van der Waals surface area contributed by atoms with Crippen LogP contribution < -0.4 is 10.2 Å². The number of aromatic nitrogens is 1. The van der Waals surface area contributed by atoms with E-state index in [2.05, 4.69) is 15.2 Å². The SMILES string of the molecule is CC1CN(c2ccc(CNC(=O)C3CCCN3S(=O)(=O)c3cccs3)cn2)CCO1. The number of hydrogen-bond donors (Lipinski definition) is 1. The lowest BCUT2D eigenvalue weighted by Gasteiger charge is -2.32. The van der Waals surface area contributed by atoms with E-state index in [1.807, 2.05) is 19.1 Å². The highest BCUT2D eigenvalue weighted by Gasteiger charge is 2.39. The fourth-order valence-corrected chi connectivity index (χ4v) is 6.63. The number of amides is 1. The molecule has 0 aliphatic carbocycles. The normalized spacial score (nSPS) is 22.9. The van der Waals surface area contributed by atoms with Crippen molar-refractivity contribution in [3.8, 4) is 0 Å². The molecule has 1 N–H and O–H groups in total. The van der Waals surface area contributed by atoms with E-state index in [-0.39, 0.29) is 16.2 Å². The van der Waals surface area contributed by atoms with E-state index >= 15 is 0 Å². The summed E-state index contributed by atoms with van der Waals surface area (Å²) in [7, 11) is -3.63. The minimum Gasteiger partial charge on any atom is -0.375 e. The number of carbonyl (C=O) groups excluding carboxylic acids is 1. The van der Waals surface area contributed by atoms with Gasteiger partial charge in [-0.1, -0.05) is 12.1 Å². The van der Waals surface area contributed by atoms with Gasteiger partial charge in [0.05, 0.1) is 12.7 Å². The van der Waals surface area contributed by atoms with Gasteiger partial charge in [-0.15, -0.1) is 11.3 Å². The first kappa shape index (κ1) is 21.2. The van der Waals surface area contributed by atoms with Gasteiger partial charge in [0, 0.05) is 32.4 Å². The Kier molecular flexibility index (Phi) is 6.37. The molecule has 2 atom stereocenters. The molecule has 10 heteroatoms. The van der Waals surface area contributed by atoms with Crippen LogP contribution in [0.1, 0.15) is 25.3 Å². The number of ether oxygens (including phenoxy) is 1. The molecule has 2 aliphatic rings. The van der Waals surface area contributed by atoms with Gasteiger partial charge in [0.1, 0.15) is 16.1 Å². The van der Waals surface area contributed by atoms with Crippen LogP contribution in [0.25, 0.3) is 0 Å². The molecule has 4 heterocycles. The highest BCUT2D eigenvalue weighted by molar-refractivity contribution is 7.91. The summed E-state index contributed by atoms with van der Waals surface area (Å²) in [4.78, 5) is 19.4. The van der Waals surface area contributed by atoms with E-state index in [4.69, 9.17) is 4.74 Å². The number of morpholine rings is 1. The number of nitrogens with zero attached hydrogens (tertiary/aromatic N) is 3. The highest BCUT2D eigenvalue weighted by atomic mass is 32.2. The minimum absolute atomic E-state index is 0.180. The molecule has 30 heavy (non-hydrogen) atoms. The van der Waals surface area contributed by atoms with Gasteiger partial charge in [-0.05, 0) is 42.8 Å². The molecule has 1 amide bonds. The number of rotatable bonds is 6. The Morgan fingerprint density at radius 3 is 2.90 bits per heavy atom. The predicted molar refractivity (Wildman–Crippen MR) is 115 cm³/mol. The van der Waals surface area contributed by atoms with Crippen molar-refractivity contribution in [3.63, 3.8) is 0 Å². The first-order chi connectivity index (χ1) is 14.4. The Labute approximate surface area is 180 Å². The molecule has 8 nitrogen and oxygen atoms in total. The molecule has 2 aliphatic heterocycles. The van der Waals surface area contributed by atoms with Crippen molar-refractivity contribution in [1.29, 1.82) is 0 Å². The molecule has 0 spiro atoms. The van der Waals surface area contributed by atoms with E-state index in [0.717, 1.165) is 24.5 Å². The third-order valence-electron chi connectivity index (χ3n) is 5.41. The maximum absolute atomic E-state index is 12.8. The second-order valence-corrected chi connectivity index (χ2v) is 10.6. The molecule has 2 unspecified atom stereocenters. The fourth-order valence-electron chi connectivity index (χ4n) is 3.86. The number of hydrogen-bond acceptors (Lipinski definition) is 7. The van der Waals surface area contributed by atoms with Crippen molar-refractivity contribution in [1.82, 2.24) is 14.6 Å². The van der Waals surface area contributed by atoms with Crippen LogP contribution in [-0.2, 0) is 26.1 Å². The minimum atomic E-state index is -3.63. The number of anilines is 1. The average molecular weight is 451 g/mol. The van der Waals surface area contributed by atoms with E-state index in [1.54, 1.807) is 23.7 Å². The molecule has 4 rings (SSSR count). The molecule has 2 aromatic heterocycles. The van der Waals surface area contributed by atoms with Crippen molar-refractivity contribution >= 4 is 33.1 Å². The highest BCUT2D eigenvalue weighted by Crippen LogP contribution is 2.28. The van der Waals surface area contributed by atoms with Gasteiger partial charge in [0.2, 0.25) is 5.91 Å². The fraction of sp³-hybridized carbons (Fsp3) is 0.500. The molecule has 2 fully saturated rings. The molecular formula is C20H26N4O4S2. The largest absolute Gasteiger partial charge is 0.375 e.